The Morgan fingerprint density at radius 3 is 2.62 bits per heavy atom. The number of thiazole rings is 1. The highest BCUT2D eigenvalue weighted by Gasteiger charge is 2.33. The maximum absolute atomic E-state index is 12.6. The van der Waals surface area contributed by atoms with Gasteiger partial charge in [-0.25, -0.2) is 9.98 Å². The molecule has 2 rings (SSSR count). The van der Waals surface area contributed by atoms with Crippen molar-refractivity contribution in [2.75, 3.05) is 27.2 Å². The largest absolute Gasteiger partial charge is 0.434 e. The smallest absolute Gasteiger partial charge is 0.357 e. The van der Waals surface area contributed by atoms with Gasteiger partial charge in [0.05, 0.1) is 12.6 Å². The van der Waals surface area contributed by atoms with Crippen molar-refractivity contribution in [1.82, 2.24) is 20.5 Å². The summed E-state index contributed by atoms with van der Waals surface area (Å²) in [6.07, 6.45) is -4.42. The number of likely N-dealkylation sites (N-methyl/N-ethyl adjacent to an activating group) is 1. The number of alkyl halides is 3. The summed E-state index contributed by atoms with van der Waals surface area (Å²) in [6, 6.07) is 4.27. The molecule has 0 spiro atoms. The Hall–Kier alpha value is -1.65. The van der Waals surface area contributed by atoms with Crippen LogP contribution in [-0.4, -0.2) is 43.0 Å². The van der Waals surface area contributed by atoms with Gasteiger partial charge in [-0.3, -0.25) is 0 Å². The van der Waals surface area contributed by atoms with Crippen LogP contribution in [0.4, 0.5) is 13.2 Å². The molecule has 2 aromatic heterocycles. The van der Waals surface area contributed by atoms with Gasteiger partial charge < -0.3 is 15.5 Å². The topological polar surface area (TPSA) is 52.6 Å². The minimum absolute atomic E-state index is 0.0989. The monoisotopic (exact) mass is 405 g/mol. The molecule has 144 valence electrons. The van der Waals surface area contributed by atoms with Gasteiger partial charge in [0.2, 0.25) is 0 Å². The summed E-state index contributed by atoms with van der Waals surface area (Å²) < 4.78 is 37.9. The van der Waals surface area contributed by atoms with Gasteiger partial charge in [-0.05, 0) is 32.5 Å². The second-order valence-corrected chi connectivity index (χ2v) is 7.62. The summed E-state index contributed by atoms with van der Waals surface area (Å²) in [7, 11) is 4.01. The molecular weight excluding hydrogens is 383 g/mol. The van der Waals surface area contributed by atoms with E-state index in [1.165, 1.54) is 4.88 Å². The minimum atomic E-state index is -4.42. The molecular formula is C16H22F3N5S2. The highest BCUT2D eigenvalue weighted by molar-refractivity contribution is 7.10. The average Bonchev–Trinajstić information content (AvgIpc) is 3.23. The van der Waals surface area contributed by atoms with E-state index in [0.717, 1.165) is 16.7 Å². The quantitative estimate of drug-likeness (QED) is 0.546. The zero-order valence-corrected chi connectivity index (χ0v) is 16.4. The van der Waals surface area contributed by atoms with Crippen LogP contribution in [0.15, 0.2) is 27.9 Å². The summed E-state index contributed by atoms with van der Waals surface area (Å²) in [6.45, 7) is 3.32. The molecule has 0 aliphatic carbocycles. The Bertz CT molecular complexity index is 695. The molecule has 26 heavy (non-hydrogen) atoms. The number of rotatable bonds is 7. The number of halogens is 3. The van der Waals surface area contributed by atoms with Crippen molar-refractivity contribution in [2.24, 2.45) is 4.99 Å². The van der Waals surface area contributed by atoms with Crippen LogP contribution in [0, 0.1) is 0 Å². The first-order valence-corrected chi connectivity index (χ1v) is 9.80. The van der Waals surface area contributed by atoms with Crippen LogP contribution in [0.2, 0.25) is 0 Å². The molecule has 0 radical (unpaired) electrons. The number of aliphatic imine (C=N–C) groups is 1. The Kier molecular flexibility index (Phi) is 7.42. The molecule has 0 saturated carbocycles. The Morgan fingerprint density at radius 2 is 2.08 bits per heavy atom. The van der Waals surface area contributed by atoms with E-state index in [9.17, 15) is 13.2 Å². The minimum Gasteiger partial charge on any atom is -0.357 e. The van der Waals surface area contributed by atoms with Gasteiger partial charge in [0, 0.05) is 23.3 Å². The van der Waals surface area contributed by atoms with Crippen molar-refractivity contribution in [3.8, 4) is 0 Å². The molecule has 5 nitrogen and oxygen atoms in total. The normalized spacial score (nSPS) is 13.9. The summed E-state index contributed by atoms with van der Waals surface area (Å²) in [5.74, 6) is 0.555. The number of nitrogens with zero attached hydrogens (tertiary/aromatic N) is 3. The maximum Gasteiger partial charge on any atom is 0.434 e. The molecule has 0 amide bonds. The second kappa shape index (κ2) is 9.33. The molecule has 1 unspecified atom stereocenters. The van der Waals surface area contributed by atoms with Crippen molar-refractivity contribution in [2.45, 2.75) is 25.7 Å². The summed E-state index contributed by atoms with van der Waals surface area (Å²) >= 11 is 2.65. The third-order valence-corrected chi connectivity index (χ3v) is 5.32. The predicted octanol–water partition coefficient (Wildman–Crippen LogP) is 3.58. The van der Waals surface area contributed by atoms with Crippen LogP contribution in [0.5, 0.6) is 0 Å². The van der Waals surface area contributed by atoms with E-state index in [2.05, 4.69) is 31.6 Å². The zero-order valence-electron chi connectivity index (χ0n) is 14.8. The molecule has 0 fully saturated rings. The van der Waals surface area contributed by atoms with Crippen LogP contribution >= 0.6 is 22.7 Å². The lowest BCUT2D eigenvalue weighted by Gasteiger charge is -2.24. The fraction of sp³-hybridized carbons (Fsp3) is 0.500. The first-order chi connectivity index (χ1) is 12.3. The summed E-state index contributed by atoms with van der Waals surface area (Å²) in [4.78, 5) is 11.3. The third kappa shape index (κ3) is 5.96. The van der Waals surface area contributed by atoms with Crippen molar-refractivity contribution in [3.05, 3.63) is 38.5 Å². The highest BCUT2D eigenvalue weighted by Crippen LogP contribution is 2.30. The first kappa shape index (κ1) is 20.7. The highest BCUT2D eigenvalue weighted by atomic mass is 32.1. The van der Waals surface area contributed by atoms with Crippen molar-refractivity contribution < 1.29 is 13.2 Å². The van der Waals surface area contributed by atoms with Gasteiger partial charge in [0.1, 0.15) is 5.01 Å². The lowest BCUT2D eigenvalue weighted by atomic mass is 10.2. The average molecular weight is 406 g/mol. The van der Waals surface area contributed by atoms with Crippen molar-refractivity contribution in [3.63, 3.8) is 0 Å². The Balaban J connectivity index is 2.01. The van der Waals surface area contributed by atoms with Crippen LogP contribution in [0.1, 0.15) is 28.5 Å². The van der Waals surface area contributed by atoms with E-state index < -0.39 is 11.9 Å². The third-order valence-electron chi connectivity index (χ3n) is 3.52. The molecule has 10 heteroatoms. The Morgan fingerprint density at radius 1 is 1.31 bits per heavy atom. The molecule has 0 aliphatic heterocycles. The second-order valence-electron chi connectivity index (χ2n) is 5.70. The van der Waals surface area contributed by atoms with E-state index in [0.29, 0.717) is 24.1 Å². The lowest BCUT2D eigenvalue weighted by Crippen LogP contribution is -2.41. The fourth-order valence-electron chi connectivity index (χ4n) is 2.21. The van der Waals surface area contributed by atoms with Crippen molar-refractivity contribution >= 4 is 28.6 Å². The Labute approximate surface area is 159 Å². The van der Waals surface area contributed by atoms with Gasteiger partial charge in [0.25, 0.3) is 0 Å². The van der Waals surface area contributed by atoms with Crippen molar-refractivity contribution in [1.29, 1.82) is 0 Å². The van der Waals surface area contributed by atoms with Crippen LogP contribution < -0.4 is 10.6 Å². The van der Waals surface area contributed by atoms with E-state index in [-0.39, 0.29) is 12.6 Å². The molecule has 2 heterocycles. The lowest BCUT2D eigenvalue weighted by molar-refractivity contribution is -0.140. The molecule has 1 atom stereocenters. The fourth-order valence-corrected chi connectivity index (χ4v) is 3.86. The van der Waals surface area contributed by atoms with E-state index >= 15 is 0 Å². The number of nitrogens with one attached hydrogen (secondary N) is 2. The number of thiophene rings is 1. The van der Waals surface area contributed by atoms with Gasteiger partial charge in [-0.15, -0.1) is 22.7 Å². The van der Waals surface area contributed by atoms with Gasteiger partial charge in [0.15, 0.2) is 11.7 Å². The van der Waals surface area contributed by atoms with Crippen LogP contribution in [-0.2, 0) is 12.7 Å². The van der Waals surface area contributed by atoms with Crippen LogP contribution in [0.25, 0.3) is 0 Å². The molecule has 0 aliphatic rings. The molecule has 0 aromatic carbocycles. The standard InChI is InChI=1S/C16H22F3N5S2/c1-4-20-15(21-8-11(24(2)3)12-6-5-7-25-12)22-9-14-23-13(10-26-14)16(17,18)19/h5-7,10-11H,4,8-9H2,1-3H3,(H2,20,21,22). The van der Waals surface area contributed by atoms with Gasteiger partial charge in [-0.2, -0.15) is 13.2 Å². The number of aromatic nitrogens is 1. The van der Waals surface area contributed by atoms with E-state index in [1.807, 2.05) is 32.5 Å². The number of hydrogen-bond donors (Lipinski definition) is 2. The first-order valence-electron chi connectivity index (χ1n) is 8.04. The number of hydrogen-bond acceptors (Lipinski definition) is 5. The van der Waals surface area contributed by atoms with Gasteiger partial charge in [-0.1, -0.05) is 6.07 Å². The van der Waals surface area contributed by atoms with Gasteiger partial charge >= 0.3 is 6.18 Å². The zero-order chi connectivity index (χ0) is 19.2. The van der Waals surface area contributed by atoms with E-state index in [1.54, 1.807) is 11.3 Å². The summed E-state index contributed by atoms with van der Waals surface area (Å²) in [5.41, 5.74) is -0.865. The van der Waals surface area contributed by atoms with E-state index in [4.69, 9.17) is 0 Å². The van der Waals surface area contributed by atoms with Crippen LogP contribution in [0.3, 0.4) is 0 Å². The maximum atomic E-state index is 12.6. The predicted molar refractivity (Wildman–Crippen MR) is 101 cm³/mol. The summed E-state index contributed by atoms with van der Waals surface area (Å²) in [5, 5.41) is 9.75. The molecule has 2 N–H and O–H groups in total. The number of guanidine groups is 1. The molecule has 0 saturated heterocycles. The molecule has 0 bridgehead atoms. The SMILES string of the molecule is CCNC(=NCc1nc(C(F)(F)F)cs1)NCC(c1cccs1)N(C)C. The molecule has 2 aromatic rings.